The Balaban J connectivity index is 2.26. The molecule has 2 rings (SSSR count). The van der Waals surface area contributed by atoms with Gasteiger partial charge in [0, 0.05) is 6.04 Å². The molecule has 1 heterocycles. The Morgan fingerprint density at radius 2 is 2.06 bits per heavy atom. The monoisotopic (exact) mass is 224 g/mol. The summed E-state index contributed by atoms with van der Waals surface area (Å²) in [5.74, 6) is 0.836. The van der Waals surface area contributed by atoms with Crippen molar-refractivity contribution < 1.29 is 4.74 Å². The van der Waals surface area contributed by atoms with Gasteiger partial charge in [-0.2, -0.15) is 0 Å². The van der Waals surface area contributed by atoms with E-state index in [0.717, 1.165) is 5.82 Å². The Kier molecular flexibility index (Phi) is 3.43. The highest BCUT2D eigenvalue weighted by Crippen LogP contribution is 2.33. The molecule has 5 nitrogen and oxygen atoms in total. The number of hydrogen-bond donors (Lipinski definition) is 1. The standard InChI is InChI=1S/C11H20N4O/c1-8(2)16-11-14-13-10(7-12)15(11)9-5-3-4-6-9/h8-9H,3-7,12H2,1-2H3. The molecule has 1 aliphatic carbocycles. The lowest BCUT2D eigenvalue weighted by atomic mass is 10.2. The number of aromatic nitrogens is 3. The summed E-state index contributed by atoms with van der Waals surface area (Å²) in [5, 5.41) is 8.18. The third-order valence-corrected chi connectivity index (χ3v) is 2.95. The van der Waals surface area contributed by atoms with Crippen molar-refractivity contribution in [1.29, 1.82) is 0 Å². The minimum atomic E-state index is 0.120. The Morgan fingerprint density at radius 3 is 2.62 bits per heavy atom. The van der Waals surface area contributed by atoms with Crippen molar-refractivity contribution in [3.63, 3.8) is 0 Å². The predicted octanol–water partition coefficient (Wildman–Crippen LogP) is 1.64. The van der Waals surface area contributed by atoms with E-state index < -0.39 is 0 Å². The second-order valence-electron chi connectivity index (χ2n) is 4.58. The molecule has 0 amide bonds. The molecule has 1 aliphatic rings. The van der Waals surface area contributed by atoms with Gasteiger partial charge in [-0.05, 0) is 26.7 Å². The summed E-state index contributed by atoms with van der Waals surface area (Å²) in [6.45, 7) is 4.41. The van der Waals surface area contributed by atoms with Crippen LogP contribution in [0.5, 0.6) is 6.01 Å². The van der Waals surface area contributed by atoms with Gasteiger partial charge >= 0.3 is 6.01 Å². The maximum absolute atomic E-state index is 5.68. The predicted molar refractivity (Wildman–Crippen MR) is 61.2 cm³/mol. The molecule has 1 aromatic heterocycles. The van der Waals surface area contributed by atoms with Crippen LogP contribution in [0.25, 0.3) is 0 Å². The maximum atomic E-state index is 5.68. The van der Waals surface area contributed by atoms with Crippen LogP contribution in [0, 0.1) is 0 Å². The van der Waals surface area contributed by atoms with E-state index in [4.69, 9.17) is 10.5 Å². The van der Waals surface area contributed by atoms with Crippen LogP contribution in [0.4, 0.5) is 0 Å². The van der Waals surface area contributed by atoms with Crippen molar-refractivity contribution in [1.82, 2.24) is 14.8 Å². The van der Waals surface area contributed by atoms with Crippen molar-refractivity contribution in [2.75, 3.05) is 0 Å². The molecule has 0 bridgehead atoms. The van der Waals surface area contributed by atoms with Gasteiger partial charge < -0.3 is 10.5 Å². The van der Waals surface area contributed by atoms with E-state index in [1.165, 1.54) is 25.7 Å². The van der Waals surface area contributed by atoms with E-state index in [0.29, 0.717) is 18.6 Å². The summed E-state index contributed by atoms with van der Waals surface area (Å²) in [6, 6.07) is 1.10. The van der Waals surface area contributed by atoms with Crippen LogP contribution in [0.2, 0.25) is 0 Å². The maximum Gasteiger partial charge on any atom is 0.317 e. The van der Waals surface area contributed by atoms with Crippen LogP contribution in [-0.4, -0.2) is 20.9 Å². The van der Waals surface area contributed by atoms with Gasteiger partial charge in [0.1, 0.15) is 5.82 Å². The average molecular weight is 224 g/mol. The van der Waals surface area contributed by atoms with E-state index >= 15 is 0 Å². The zero-order valence-electron chi connectivity index (χ0n) is 10.0. The molecular weight excluding hydrogens is 204 g/mol. The molecule has 5 heteroatoms. The van der Waals surface area contributed by atoms with Crippen molar-refractivity contribution in [3.8, 4) is 6.01 Å². The minimum Gasteiger partial charge on any atom is -0.461 e. The zero-order valence-corrected chi connectivity index (χ0v) is 10.0. The van der Waals surface area contributed by atoms with E-state index in [-0.39, 0.29) is 6.10 Å². The van der Waals surface area contributed by atoms with Gasteiger partial charge in [0.05, 0.1) is 12.6 Å². The van der Waals surface area contributed by atoms with Crippen molar-refractivity contribution in [2.24, 2.45) is 5.73 Å². The van der Waals surface area contributed by atoms with Gasteiger partial charge in [-0.25, -0.2) is 0 Å². The van der Waals surface area contributed by atoms with E-state index in [1.54, 1.807) is 0 Å². The first-order valence-corrected chi connectivity index (χ1v) is 6.03. The smallest absolute Gasteiger partial charge is 0.317 e. The molecule has 90 valence electrons. The van der Waals surface area contributed by atoms with Gasteiger partial charge in [-0.3, -0.25) is 4.57 Å². The number of rotatable bonds is 4. The first kappa shape index (κ1) is 11.4. The number of hydrogen-bond acceptors (Lipinski definition) is 4. The first-order chi connectivity index (χ1) is 7.72. The summed E-state index contributed by atoms with van der Waals surface area (Å²) in [4.78, 5) is 0. The molecule has 2 N–H and O–H groups in total. The SMILES string of the molecule is CC(C)Oc1nnc(CN)n1C1CCCC1. The number of ether oxygens (including phenoxy) is 1. The largest absolute Gasteiger partial charge is 0.461 e. The van der Waals surface area contributed by atoms with E-state index in [2.05, 4.69) is 14.8 Å². The highest BCUT2D eigenvalue weighted by atomic mass is 16.5. The molecule has 0 aliphatic heterocycles. The van der Waals surface area contributed by atoms with Gasteiger partial charge in [-0.15, -0.1) is 5.10 Å². The molecule has 0 radical (unpaired) electrons. The lowest BCUT2D eigenvalue weighted by Crippen LogP contribution is -2.16. The average Bonchev–Trinajstić information content (AvgIpc) is 2.84. The third kappa shape index (κ3) is 2.19. The second kappa shape index (κ2) is 4.82. The second-order valence-corrected chi connectivity index (χ2v) is 4.58. The van der Waals surface area contributed by atoms with Crippen molar-refractivity contribution >= 4 is 0 Å². The topological polar surface area (TPSA) is 66.0 Å². The Labute approximate surface area is 96.0 Å². The lowest BCUT2D eigenvalue weighted by molar-refractivity contribution is 0.204. The highest BCUT2D eigenvalue weighted by Gasteiger charge is 2.24. The summed E-state index contributed by atoms with van der Waals surface area (Å²) in [6.07, 6.45) is 5.02. The van der Waals surface area contributed by atoms with Gasteiger partial charge in [0.2, 0.25) is 0 Å². The van der Waals surface area contributed by atoms with Crippen molar-refractivity contribution in [2.45, 2.75) is 58.2 Å². The van der Waals surface area contributed by atoms with Gasteiger partial charge in [0.25, 0.3) is 0 Å². The van der Waals surface area contributed by atoms with Gasteiger partial charge in [0.15, 0.2) is 0 Å². The summed E-state index contributed by atoms with van der Waals surface area (Å²) < 4.78 is 7.76. The van der Waals surface area contributed by atoms with E-state index in [1.807, 2.05) is 13.8 Å². The molecule has 1 saturated carbocycles. The molecule has 1 aromatic rings. The molecule has 0 unspecified atom stereocenters. The summed E-state index contributed by atoms with van der Waals surface area (Å²) in [7, 11) is 0. The molecular formula is C11H20N4O. The minimum absolute atomic E-state index is 0.120. The lowest BCUT2D eigenvalue weighted by Gasteiger charge is -2.17. The van der Waals surface area contributed by atoms with Crippen LogP contribution in [0.3, 0.4) is 0 Å². The first-order valence-electron chi connectivity index (χ1n) is 6.03. The Morgan fingerprint density at radius 1 is 1.38 bits per heavy atom. The van der Waals surface area contributed by atoms with Crippen LogP contribution >= 0.6 is 0 Å². The fourth-order valence-electron chi connectivity index (χ4n) is 2.27. The highest BCUT2D eigenvalue weighted by molar-refractivity contribution is 5.05. The fraction of sp³-hybridized carbons (Fsp3) is 0.818. The van der Waals surface area contributed by atoms with E-state index in [9.17, 15) is 0 Å². The van der Waals surface area contributed by atoms with Crippen LogP contribution < -0.4 is 10.5 Å². The molecule has 1 fully saturated rings. The van der Waals surface area contributed by atoms with Crippen molar-refractivity contribution in [3.05, 3.63) is 5.82 Å². The number of nitrogens with zero attached hydrogens (tertiary/aromatic N) is 3. The number of nitrogens with two attached hydrogens (primary N) is 1. The molecule has 0 atom stereocenters. The van der Waals surface area contributed by atoms with Crippen LogP contribution in [0.15, 0.2) is 0 Å². The Hall–Kier alpha value is -1.10. The normalized spacial score (nSPS) is 17.2. The summed E-state index contributed by atoms with van der Waals surface area (Å²) >= 11 is 0. The Bertz CT molecular complexity index is 342. The van der Waals surface area contributed by atoms with Crippen LogP contribution in [-0.2, 0) is 6.54 Å². The molecule has 0 spiro atoms. The van der Waals surface area contributed by atoms with Gasteiger partial charge in [-0.1, -0.05) is 17.9 Å². The zero-order chi connectivity index (χ0) is 11.5. The third-order valence-electron chi connectivity index (χ3n) is 2.95. The molecule has 16 heavy (non-hydrogen) atoms. The summed E-state index contributed by atoms with van der Waals surface area (Å²) in [5.41, 5.74) is 5.68. The molecule has 0 saturated heterocycles. The molecule has 0 aromatic carbocycles. The van der Waals surface area contributed by atoms with Crippen LogP contribution in [0.1, 0.15) is 51.4 Å². The fourth-order valence-corrected chi connectivity index (χ4v) is 2.27. The quantitative estimate of drug-likeness (QED) is 0.844.